The molecule has 1 aliphatic carbocycles. The Labute approximate surface area is 145 Å². The van der Waals surface area contributed by atoms with E-state index in [-0.39, 0.29) is 7.34 Å². The lowest BCUT2D eigenvalue weighted by Crippen LogP contribution is -2.39. The van der Waals surface area contributed by atoms with Gasteiger partial charge in [0.1, 0.15) is 0 Å². The lowest BCUT2D eigenvalue weighted by Gasteiger charge is -2.30. The van der Waals surface area contributed by atoms with Gasteiger partial charge in [0.2, 0.25) is 5.91 Å². The second kappa shape index (κ2) is 11.4. The number of amides is 1. The fourth-order valence-corrected chi connectivity index (χ4v) is 3.05. The van der Waals surface area contributed by atoms with Crippen molar-refractivity contribution in [1.29, 1.82) is 0 Å². The molecule has 2 fully saturated rings. The smallest absolute Gasteiger partial charge is 0.226 e. The monoisotopic (exact) mass is 324 g/mol. The van der Waals surface area contributed by atoms with Crippen molar-refractivity contribution in [1.82, 2.24) is 4.90 Å². The largest absolute Gasteiger partial charge is 0.342 e. The molecule has 1 aliphatic heterocycles. The van der Waals surface area contributed by atoms with Crippen LogP contribution in [0.3, 0.4) is 0 Å². The maximum Gasteiger partial charge on any atom is 0.226 e. The summed E-state index contributed by atoms with van der Waals surface area (Å²) in [6.07, 6.45) is 6.73. The summed E-state index contributed by atoms with van der Waals surface area (Å²) in [5.74, 6) is 1.85. The first kappa shape index (κ1) is 21.9. The summed E-state index contributed by atoms with van der Waals surface area (Å²) in [5.41, 5.74) is 6.91. The summed E-state index contributed by atoms with van der Waals surface area (Å²) < 4.78 is 0. The Hall–Kier alpha value is -1.09. The van der Waals surface area contributed by atoms with Crippen LogP contribution in [0.4, 0.5) is 0 Å². The Bertz CT molecular complexity index is 398. The van der Waals surface area contributed by atoms with Gasteiger partial charge in [-0.3, -0.25) is 4.79 Å². The molecule has 3 heteroatoms. The van der Waals surface area contributed by atoms with E-state index < -0.39 is 0 Å². The average molecular weight is 325 g/mol. The van der Waals surface area contributed by atoms with E-state index in [4.69, 9.17) is 0 Å². The standard InChI is InChI=1S/C16H25NO.C3H8.CH5N.H2/c1-5-13(11(2)3)14-10-15(14)16(18)17-8-6-12(4)7-9-17;1-3-2;1-2;/h5,12,14-15H,2,6-10H2,1,3-4H3;3H2,1-2H3;2H2,1H3;1H/b13-5+;;;. The molecule has 136 valence electrons. The van der Waals surface area contributed by atoms with Crippen LogP contribution < -0.4 is 5.73 Å². The molecule has 2 unspecified atom stereocenters. The summed E-state index contributed by atoms with van der Waals surface area (Å²) in [4.78, 5) is 14.5. The van der Waals surface area contributed by atoms with Crippen LogP contribution >= 0.6 is 0 Å². The number of likely N-dealkylation sites (tertiary alicyclic amines) is 1. The highest BCUT2D eigenvalue weighted by Gasteiger charge is 2.46. The molecule has 3 nitrogen and oxygen atoms in total. The van der Waals surface area contributed by atoms with Gasteiger partial charge in [0.15, 0.2) is 0 Å². The lowest BCUT2D eigenvalue weighted by molar-refractivity contribution is -0.134. The first-order chi connectivity index (χ1) is 11.0. The highest BCUT2D eigenvalue weighted by atomic mass is 16.2. The summed E-state index contributed by atoms with van der Waals surface area (Å²) >= 11 is 0. The quantitative estimate of drug-likeness (QED) is 0.769. The van der Waals surface area contributed by atoms with Crippen molar-refractivity contribution < 1.29 is 6.22 Å². The van der Waals surface area contributed by atoms with Crippen molar-refractivity contribution in [3.05, 3.63) is 23.8 Å². The van der Waals surface area contributed by atoms with E-state index in [0.29, 0.717) is 11.8 Å². The predicted molar refractivity (Wildman–Crippen MR) is 103 cm³/mol. The van der Waals surface area contributed by atoms with Crippen LogP contribution in [-0.4, -0.2) is 30.9 Å². The van der Waals surface area contributed by atoms with E-state index in [2.05, 4.69) is 44.1 Å². The van der Waals surface area contributed by atoms with Gasteiger partial charge >= 0.3 is 0 Å². The van der Waals surface area contributed by atoms with E-state index >= 15 is 0 Å². The average Bonchev–Trinajstić information content (AvgIpc) is 3.31. The number of carbonyl (C=O) groups excluding carboxylic acids is 1. The van der Waals surface area contributed by atoms with Crippen molar-refractivity contribution in [2.24, 2.45) is 23.5 Å². The van der Waals surface area contributed by atoms with Gasteiger partial charge in [-0.25, -0.2) is 0 Å². The normalized spacial score (nSPS) is 24.0. The molecule has 0 aromatic rings. The van der Waals surface area contributed by atoms with Gasteiger partial charge in [-0.15, -0.1) is 0 Å². The number of nitrogens with two attached hydrogens (primary N) is 1. The zero-order chi connectivity index (χ0) is 18.0. The number of hydrogen-bond donors (Lipinski definition) is 1. The first-order valence-electron chi connectivity index (χ1n) is 9.14. The minimum absolute atomic E-state index is 0. The van der Waals surface area contributed by atoms with Crippen LogP contribution in [0.5, 0.6) is 0 Å². The third kappa shape index (κ3) is 6.90. The third-order valence-corrected chi connectivity index (χ3v) is 4.41. The molecule has 2 atom stereocenters. The van der Waals surface area contributed by atoms with Gasteiger partial charge in [0.05, 0.1) is 0 Å². The molecule has 0 aromatic heterocycles. The van der Waals surface area contributed by atoms with Crippen LogP contribution in [0.2, 0.25) is 0 Å². The number of nitrogens with zero attached hydrogens (tertiary/aromatic N) is 1. The first-order valence-corrected chi connectivity index (χ1v) is 9.14. The Kier molecular flexibility index (Phi) is 10.9. The van der Waals surface area contributed by atoms with Crippen LogP contribution in [-0.2, 0) is 4.79 Å². The van der Waals surface area contributed by atoms with E-state index in [9.17, 15) is 4.79 Å². The molecular formula is C20H40N2O. The van der Waals surface area contributed by atoms with Crippen molar-refractivity contribution in [2.45, 2.75) is 60.3 Å². The van der Waals surface area contributed by atoms with E-state index in [0.717, 1.165) is 31.0 Å². The molecule has 0 aromatic carbocycles. The van der Waals surface area contributed by atoms with Crippen molar-refractivity contribution in [3.8, 4) is 0 Å². The molecule has 0 spiro atoms. The Morgan fingerprint density at radius 1 is 1.26 bits per heavy atom. The van der Waals surface area contributed by atoms with Gasteiger partial charge in [0, 0.05) is 20.4 Å². The topological polar surface area (TPSA) is 46.3 Å². The van der Waals surface area contributed by atoms with Gasteiger partial charge < -0.3 is 10.6 Å². The number of hydrogen-bond acceptors (Lipinski definition) is 2. The van der Waals surface area contributed by atoms with Crippen molar-refractivity contribution in [3.63, 3.8) is 0 Å². The summed E-state index contributed by atoms with van der Waals surface area (Å²) in [6, 6.07) is 0. The summed E-state index contributed by atoms with van der Waals surface area (Å²) in [7, 11) is 1.50. The molecule has 1 saturated heterocycles. The second-order valence-electron chi connectivity index (χ2n) is 6.69. The molecule has 1 heterocycles. The number of allylic oxidation sites excluding steroid dienone is 3. The zero-order valence-corrected chi connectivity index (χ0v) is 16.2. The molecule has 0 bridgehead atoms. The maximum atomic E-state index is 12.4. The molecule has 0 radical (unpaired) electrons. The maximum absolute atomic E-state index is 12.4. The molecular weight excluding hydrogens is 284 g/mol. The van der Waals surface area contributed by atoms with Crippen LogP contribution in [0.25, 0.3) is 0 Å². The predicted octanol–water partition coefficient (Wildman–Crippen LogP) is 4.64. The SMILES string of the molecule is C=C(C)/C(=C\C)C1CC1C(=O)N1CCC(C)CC1.CCC.CN.[HH]. The lowest BCUT2D eigenvalue weighted by atomic mass is 9.98. The van der Waals surface area contributed by atoms with E-state index in [1.165, 1.54) is 31.9 Å². The fraction of sp³-hybridized carbons (Fsp3) is 0.750. The van der Waals surface area contributed by atoms with E-state index in [1.54, 1.807) is 0 Å². The second-order valence-corrected chi connectivity index (χ2v) is 6.69. The minimum atomic E-state index is 0. The number of piperidine rings is 1. The van der Waals surface area contributed by atoms with Crippen molar-refractivity contribution in [2.75, 3.05) is 20.1 Å². The number of carbonyl (C=O) groups is 1. The summed E-state index contributed by atoms with van der Waals surface area (Å²) in [6.45, 7) is 16.5. The van der Waals surface area contributed by atoms with Crippen LogP contribution in [0.15, 0.2) is 23.8 Å². The Morgan fingerprint density at radius 2 is 1.74 bits per heavy atom. The van der Waals surface area contributed by atoms with Gasteiger partial charge in [-0.2, -0.15) is 0 Å². The zero-order valence-electron chi connectivity index (χ0n) is 16.2. The van der Waals surface area contributed by atoms with Gasteiger partial charge in [0.25, 0.3) is 0 Å². The molecule has 2 rings (SSSR count). The van der Waals surface area contributed by atoms with Crippen LogP contribution in [0.1, 0.15) is 61.7 Å². The summed E-state index contributed by atoms with van der Waals surface area (Å²) in [5, 5.41) is 0. The highest BCUT2D eigenvalue weighted by Crippen LogP contribution is 2.47. The minimum Gasteiger partial charge on any atom is -0.342 e. The van der Waals surface area contributed by atoms with Gasteiger partial charge in [-0.1, -0.05) is 45.4 Å². The third-order valence-electron chi connectivity index (χ3n) is 4.41. The highest BCUT2D eigenvalue weighted by molar-refractivity contribution is 5.82. The van der Waals surface area contributed by atoms with Crippen molar-refractivity contribution >= 4 is 5.91 Å². The molecule has 2 aliphatic rings. The van der Waals surface area contributed by atoms with E-state index in [1.807, 2.05) is 13.8 Å². The molecule has 23 heavy (non-hydrogen) atoms. The Morgan fingerprint density at radius 3 is 2.13 bits per heavy atom. The fourth-order valence-electron chi connectivity index (χ4n) is 3.05. The number of rotatable bonds is 3. The molecule has 1 saturated carbocycles. The van der Waals surface area contributed by atoms with Crippen LogP contribution in [0, 0.1) is 17.8 Å². The molecule has 2 N–H and O–H groups in total. The molecule has 1 amide bonds. The Balaban J connectivity index is 0. The van der Waals surface area contributed by atoms with Gasteiger partial charge in [-0.05, 0) is 57.6 Å².